The molecule has 8 heteroatoms. The van der Waals surface area contributed by atoms with E-state index in [0.717, 1.165) is 0 Å². The lowest BCUT2D eigenvalue weighted by atomic mass is 9.81. The lowest BCUT2D eigenvalue weighted by Gasteiger charge is -2.46. The molecule has 1 N–H and O–H groups in total. The van der Waals surface area contributed by atoms with Crippen LogP contribution in [0.15, 0.2) is 15.7 Å². The van der Waals surface area contributed by atoms with Gasteiger partial charge in [0.1, 0.15) is 0 Å². The van der Waals surface area contributed by atoms with Gasteiger partial charge in [-0.15, -0.1) is 0 Å². The molecule has 0 aromatic carbocycles. The summed E-state index contributed by atoms with van der Waals surface area (Å²) in [6.45, 7) is 10.6. The Balaban J connectivity index is 2.06. The standard InChI is InChI=1S/C14H23N3O4S/c1-6-17-9-14(5,12(17)18)8-15-22(19,20)11-7-10(16-21-11)13(2,3)4/h7,15H,6,8-9H2,1-5H3. The van der Waals surface area contributed by atoms with E-state index in [1.165, 1.54) is 6.07 Å². The minimum atomic E-state index is -3.81. The van der Waals surface area contributed by atoms with E-state index in [0.29, 0.717) is 18.8 Å². The summed E-state index contributed by atoms with van der Waals surface area (Å²) in [7, 11) is -3.81. The second-order valence-corrected chi connectivity index (χ2v) is 8.68. The topological polar surface area (TPSA) is 92.5 Å². The van der Waals surface area contributed by atoms with Gasteiger partial charge in [-0.3, -0.25) is 4.79 Å². The number of sulfonamides is 1. The molecule has 0 saturated carbocycles. The highest BCUT2D eigenvalue weighted by Crippen LogP contribution is 2.31. The van der Waals surface area contributed by atoms with Crippen molar-refractivity contribution in [1.82, 2.24) is 14.8 Å². The summed E-state index contributed by atoms with van der Waals surface area (Å²) in [6, 6.07) is 1.42. The summed E-state index contributed by atoms with van der Waals surface area (Å²) in [6.07, 6.45) is 0. The van der Waals surface area contributed by atoms with Crippen LogP contribution in [0, 0.1) is 5.41 Å². The zero-order valence-corrected chi connectivity index (χ0v) is 14.5. The molecule has 1 amide bonds. The van der Waals surface area contributed by atoms with E-state index in [2.05, 4.69) is 9.88 Å². The monoisotopic (exact) mass is 329 g/mol. The summed E-state index contributed by atoms with van der Waals surface area (Å²) in [5.74, 6) is -0.0364. The van der Waals surface area contributed by atoms with Crippen molar-refractivity contribution in [2.75, 3.05) is 19.6 Å². The highest BCUT2D eigenvalue weighted by atomic mass is 32.2. The Hall–Kier alpha value is -1.41. The number of aromatic nitrogens is 1. The first-order chi connectivity index (χ1) is 9.99. The van der Waals surface area contributed by atoms with Gasteiger partial charge in [0.15, 0.2) is 0 Å². The number of hydrogen-bond acceptors (Lipinski definition) is 5. The van der Waals surface area contributed by atoms with Gasteiger partial charge in [-0.2, -0.15) is 0 Å². The zero-order chi connectivity index (χ0) is 16.8. The first-order valence-corrected chi connectivity index (χ1v) is 8.74. The Bertz CT molecular complexity index is 675. The predicted molar refractivity (Wildman–Crippen MR) is 80.8 cm³/mol. The maximum Gasteiger partial charge on any atom is 0.276 e. The molecule has 1 fully saturated rings. The second kappa shape index (κ2) is 5.34. The molecule has 2 heterocycles. The Morgan fingerprint density at radius 3 is 2.55 bits per heavy atom. The summed E-state index contributed by atoms with van der Waals surface area (Å²) in [5, 5.41) is 3.58. The van der Waals surface area contributed by atoms with Crippen LogP contribution in [0.5, 0.6) is 0 Å². The summed E-state index contributed by atoms with van der Waals surface area (Å²) in [5.41, 5.74) is -0.416. The van der Waals surface area contributed by atoms with E-state index in [-0.39, 0.29) is 23.0 Å². The molecule has 0 bridgehead atoms. The highest BCUT2D eigenvalue weighted by Gasteiger charge is 2.48. The molecule has 1 aliphatic rings. The molecule has 1 atom stereocenters. The Kier molecular flexibility index (Phi) is 4.12. The van der Waals surface area contributed by atoms with Crippen LogP contribution < -0.4 is 4.72 Å². The molecule has 0 aliphatic carbocycles. The van der Waals surface area contributed by atoms with Crippen LogP contribution in [0.2, 0.25) is 0 Å². The van der Waals surface area contributed by atoms with Crippen molar-refractivity contribution in [2.45, 2.75) is 45.1 Å². The molecule has 1 aliphatic heterocycles. The molecule has 1 saturated heterocycles. The van der Waals surface area contributed by atoms with E-state index in [1.807, 2.05) is 27.7 Å². The molecule has 124 valence electrons. The van der Waals surface area contributed by atoms with Crippen LogP contribution in [0.25, 0.3) is 0 Å². The van der Waals surface area contributed by atoms with Gasteiger partial charge >= 0.3 is 0 Å². The lowest BCUT2D eigenvalue weighted by molar-refractivity contribution is -0.157. The number of likely N-dealkylation sites (tertiary alicyclic amines) is 1. The minimum absolute atomic E-state index is 0.0364. The third-order valence-corrected chi connectivity index (χ3v) is 5.15. The fraction of sp³-hybridized carbons (Fsp3) is 0.714. The van der Waals surface area contributed by atoms with Gasteiger partial charge in [-0.25, -0.2) is 13.1 Å². The minimum Gasteiger partial charge on any atom is -0.343 e. The largest absolute Gasteiger partial charge is 0.343 e. The Morgan fingerprint density at radius 2 is 2.09 bits per heavy atom. The van der Waals surface area contributed by atoms with Crippen molar-refractivity contribution in [2.24, 2.45) is 5.41 Å². The van der Waals surface area contributed by atoms with Crippen LogP contribution >= 0.6 is 0 Å². The summed E-state index contributed by atoms with van der Waals surface area (Å²) >= 11 is 0. The Morgan fingerprint density at radius 1 is 1.45 bits per heavy atom. The van der Waals surface area contributed by atoms with Crippen LogP contribution in [0.3, 0.4) is 0 Å². The van der Waals surface area contributed by atoms with Crippen molar-refractivity contribution >= 4 is 15.9 Å². The average Bonchev–Trinajstić information content (AvgIpc) is 2.92. The number of nitrogens with one attached hydrogen (secondary N) is 1. The van der Waals surface area contributed by atoms with Gasteiger partial charge in [-0.1, -0.05) is 25.9 Å². The summed E-state index contributed by atoms with van der Waals surface area (Å²) < 4.78 is 31.9. The number of rotatable bonds is 5. The van der Waals surface area contributed by atoms with Crippen molar-refractivity contribution in [3.05, 3.63) is 11.8 Å². The van der Waals surface area contributed by atoms with E-state index in [1.54, 1.807) is 11.8 Å². The average molecular weight is 329 g/mol. The normalized spacial score (nSPS) is 22.8. The Labute approximate surface area is 131 Å². The molecule has 1 aromatic rings. The third-order valence-electron chi connectivity index (χ3n) is 3.90. The van der Waals surface area contributed by atoms with Crippen molar-refractivity contribution in [3.8, 4) is 0 Å². The first-order valence-electron chi connectivity index (χ1n) is 7.26. The van der Waals surface area contributed by atoms with Crippen LogP contribution in [-0.4, -0.2) is 44.0 Å². The number of nitrogens with zero attached hydrogens (tertiary/aromatic N) is 2. The van der Waals surface area contributed by atoms with Gasteiger partial charge < -0.3 is 9.42 Å². The second-order valence-electron chi connectivity index (χ2n) is 6.99. The molecule has 0 spiro atoms. The highest BCUT2D eigenvalue weighted by molar-refractivity contribution is 7.89. The number of carbonyl (C=O) groups is 1. The number of amides is 1. The molecule has 1 unspecified atom stereocenters. The van der Waals surface area contributed by atoms with Gasteiger partial charge in [0.05, 0.1) is 11.1 Å². The van der Waals surface area contributed by atoms with E-state index in [9.17, 15) is 13.2 Å². The fourth-order valence-corrected chi connectivity index (χ4v) is 3.36. The SMILES string of the molecule is CCN1CC(C)(CNS(=O)(=O)c2cc(C(C)(C)C)no2)C1=O. The van der Waals surface area contributed by atoms with Gasteiger partial charge in [-0.05, 0) is 13.8 Å². The van der Waals surface area contributed by atoms with Crippen molar-refractivity contribution < 1.29 is 17.7 Å². The number of β-lactam (4-membered cyclic amide) rings is 1. The van der Waals surface area contributed by atoms with Crippen LogP contribution in [0.1, 0.15) is 40.3 Å². The summed E-state index contributed by atoms with van der Waals surface area (Å²) in [4.78, 5) is 13.6. The lowest BCUT2D eigenvalue weighted by Crippen LogP contribution is -2.63. The third kappa shape index (κ3) is 3.03. The fourth-order valence-electron chi connectivity index (χ4n) is 2.30. The molecule has 7 nitrogen and oxygen atoms in total. The molecule has 1 aromatic heterocycles. The zero-order valence-electron chi connectivity index (χ0n) is 13.6. The smallest absolute Gasteiger partial charge is 0.276 e. The van der Waals surface area contributed by atoms with Crippen molar-refractivity contribution in [1.29, 1.82) is 0 Å². The van der Waals surface area contributed by atoms with Crippen LogP contribution in [0.4, 0.5) is 0 Å². The molecule has 2 rings (SSSR count). The molecular weight excluding hydrogens is 306 g/mol. The molecule has 22 heavy (non-hydrogen) atoms. The van der Waals surface area contributed by atoms with Gasteiger partial charge in [0.2, 0.25) is 5.91 Å². The van der Waals surface area contributed by atoms with Crippen LogP contribution in [-0.2, 0) is 20.2 Å². The molecule has 0 radical (unpaired) electrons. The van der Waals surface area contributed by atoms with Gasteiger partial charge in [0, 0.05) is 31.1 Å². The molecular formula is C14H23N3O4S. The van der Waals surface area contributed by atoms with Crippen molar-refractivity contribution in [3.63, 3.8) is 0 Å². The number of carbonyl (C=O) groups excluding carboxylic acids is 1. The first kappa shape index (κ1) is 17.0. The van der Waals surface area contributed by atoms with Gasteiger partial charge in [0.25, 0.3) is 15.1 Å². The maximum atomic E-state index is 12.2. The van der Waals surface area contributed by atoms with E-state index < -0.39 is 15.4 Å². The predicted octanol–water partition coefficient (Wildman–Crippen LogP) is 1.12. The quantitative estimate of drug-likeness (QED) is 0.817. The van der Waals surface area contributed by atoms with E-state index >= 15 is 0 Å². The maximum absolute atomic E-state index is 12.2. The van der Waals surface area contributed by atoms with E-state index in [4.69, 9.17) is 4.52 Å². The number of hydrogen-bond donors (Lipinski definition) is 1.